The summed E-state index contributed by atoms with van der Waals surface area (Å²) in [5.41, 5.74) is 1.11. The summed E-state index contributed by atoms with van der Waals surface area (Å²) < 4.78 is 0. The van der Waals surface area contributed by atoms with E-state index < -0.39 is 5.41 Å². The first-order valence-electron chi connectivity index (χ1n) is 9.68. The Kier molecular flexibility index (Phi) is 6.64. The Balaban J connectivity index is 0.000000755. The molecule has 2 bridgehead atoms. The van der Waals surface area contributed by atoms with Crippen LogP contribution in [-0.2, 0) is 16.1 Å². The maximum Gasteiger partial charge on any atom is 0.290 e. The fraction of sp³-hybridized carbons (Fsp3) is 0.429. The van der Waals surface area contributed by atoms with Crippen molar-refractivity contribution in [3.63, 3.8) is 0 Å². The highest BCUT2D eigenvalue weighted by atomic mass is 32.1. The van der Waals surface area contributed by atoms with E-state index in [1.54, 1.807) is 6.20 Å². The molecule has 2 aliphatic heterocycles. The summed E-state index contributed by atoms with van der Waals surface area (Å²) in [5, 5.41) is 13.8. The van der Waals surface area contributed by atoms with Crippen LogP contribution in [0.2, 0.25) is 0 Å². The topological polar surface area (TPSA) is 99.6 Å². The predicted octanol–water partition coefficient (Wildman–Crippen LogP) is 2.93. The molecule has 0 aromatic carbocycles. The molecule has 0 radical (unpaired) electrons. The van der Waals surface area contributed by atoms with Crippen molar-refractivity contribution in [2.24, 2.45) is 5.41 Å². The lowest BCUT2D eigenvalue weighted by molar-refractivity contribution is -0.133. The van der Waals surface area contributed by atoms with Gasteiger partial charge < -0.3 is 15.3 Å². The van der Waals surface area contributed by atoms with Crippen molar-refractivity contribution < 1.29 is 19.5 Å². The van der Waals surface area contributed by atoms with Crippen LogP contribution < -0.4 is 5.32 Å². The Morgan fingerprint density at radius 2 is 2.17 bits per heavy atom. The van der Waals surface area contributed by atoms with E-state index >= 15 is 0 Å². The number of thiophene rings is 1. The summed E-state index contributed by atoms with van der Waals surface area (Å²) in [5.74, 6) is 0.132. The number of hydrogen-bond acceptors (Lipinski definition) is 5. The summed E-state index contributed by atoms with van der Waals surface area (Å²) >= 11 is 1.53. The van der Waals surface area contributed by atoms with Crippen LogP contribution in [0.25, 0.3) is 0 Å². The van der Waals surface area contributed by atoms with Gasteiger partial charge in [-0.1, -0.05) is 13.0 Å². The molecule has 2 aliphatic rings. The molecule has 2 saturated heterocycles. The van der Waals surface area contributed by atoms with E-state index in [1.165, 1.54) is 11.3 Å². The van der Waals surface area contributed by atoms with Gasteiger partial charge in [-0.2, -0.15) is 11.3 Å². The van der Waals surface area contributed by atoms with Crippen molar-refractivity contribution in [1.29, 1.82) is 0 Å². The molecule has 0 spiro atoms. The molecule has 29 heavy (non-hydrogen) atoms. The molecule has 8 heteroatoms. The van der Waals surface area contributed by atoms with Crippen molar-refractivity contribution >= 4 is 29.6 Å². The zero-order valence-electron chi connectivity index (χ0n) is 16.3. The maximum absolute atomic E-state index is 13.1. The van der Waals surface area contributed by atoms with Gasteiger partial charge in [0.1, 0.15) is 0 Å². The highest BCUT2D eigenvalue weighted by molar-refractivity contribution is 7.08. The molecule has 2 aromatic heterocycles. The van der Waals surface area contributed by atoms with Crippen LogP contribution in [-0.4, -0.2) is 45.4 Å². The minimum atomic E-state index is -0.483. The van der Waals surface area contributed by atoms with Crippen LogP contribution in [0.5, 0.6) is 0 Å². The Morgan fingerprint density at radius 1 is 1.38 bits per heavy atom. The third-order valence-electron chi connectivity index (χ3n) is 5.98. The average Bonchev–Trinajstić information content (AvgIpc) is 3.48. The lowest BCUT2D eigenvalue weighted by Crippen LogP contribution is -2.49. The monoisotopic (exact) mass is 415 g/mol. The largest absolute Gasteiger partial charge is 0.483 e. The summed E-state index contributed by atoms with van der Waals surface area (Å²) in [6, 6.07) is 7.73. The van der Waals surface area contributed by atoms with Gasteiger partial charge in [-0.15, -0.1) is 0 Å². The zero-order chi connectivity index (χ0) is 20.9. The molecule has 2 amide bonds. The summed E-state index contributed by atoms with van der Waals surface area (Å²) in [4.78, 5) is 40.7. The molecule has 0 saturated carbocycles. The summed E-state index contributed by atoms with van der Waals surface area (Å²) in [7, 11) is 0. The predicted molar refractivity (Wildman–Crippen MR) is 109 cm³/mol. The normalized spacial score (nSPS) is 24.5. The second-order valence-electron chi connectivity index (χ2n) is 7.29. The Morgan fingerprint density at radius 3 is 2.79 bits per heavy atom. The quantitative estimate of drug-likeness (QED) is 0.732. The lowest BCUT2D eigenvalue weighted by Gasteiger charge is -2.35. The van der Waals surface area contributed by atoms with Gasteiger partial charge in [0.05, 0.1) is 23.2 Å². The number of fused-ring (bicyclic) bond motifs is 2. The summed E-state index contributed by atoms with van der Waals surface area (Å²) in [6.45, 7) is 2.24. The van der Waals surface area contributed by atoms with Crippen LogP contribution in [0.3, 0.4) is 0 Å². The van der Waals surface area contributed by atoms with Gasteiger partial charge in [-0.25, -0.2) is 0 Å². The van der Waals surface area contributed by atoms with E-state index in [0.717, 1.165) is 36.9 Å². The van der Waals surface area contributed by atoms with E-state index in [-0.39, 0.29) is 30.4 Å². The van der Waals surface area contributed by atoms with Crippen LogP contribution in [0.1, 0.15) is 48.7 Å². The molecule has 7 nitrogen and oxygen atoms in total. The average molecular weight is 416 g/mol. The maximum atomic E-state index is 13.1. The van der Waals surface area contributed by atoms with Gasteiger partial charge in [0.2, 0.25) is 5.91 Å². The number of rotatable bonds is 5. The first-order chi connectivity index (χ1) is 14.1. The van der Waals surface area contributed by atoms with E-state index in [9.17, 15) is 9.59 Å². The van der Waals surface area contributed by atoms with E-state index in [0.29, 0.717) is 6.54 Å². The number of aromatic nitrogens is 1. The van der Waals surface area contributed by atoms with Crippen molar-refractivity contribution in [3.05, 3.63) is 52.5 Å². The zero-order valence-corrected chi connectivity index (χ0v) is 17.1. The molecule has 4 rings (SSSR count). The number of amides is 2. The minimum absolute atomic E-state index is 0.00590. The third-order valence-corrected chi connectivity index (χ3v) is 6.67. The number of carbonyl (C=O) groups is 3. The fourth-order valence-corrected chi connectivity index (χ4v) is 5.29. The first-order valence-corrected chi connectivity index (χ1v) is 10.6. The van der Waals surface area contributed by atoms with Crippen molar-refractivity contribution in [2.45, 2.75) is 51.2 Å². The molecule has 4 heterocycles. The molecular formula is C21H25N3O4S. The van der Waals surface area contributed by atoms with Crippen LogP contribution in [0.15, 0.2) is 41.2 Å². The van der Waals surface area contributed by atoms with Crippen molar-refractivity contribution in [1.82, 2.24) is 15.2 Å². The van der Waals surface area contributed by atoms with Gasteiger partial charge in [0.15, 0.2) is 0 Å². The Labute approximate surface area is 173 Å². The molecule has 0 aliphatic carbocycles. The van der Waals surface area contributed by atoms with Crippen LogP contribution in [0.4, 0.5) is 0 Å². The van der Waals surface area contributed by atoms with Gasteiger partial charge in [0, 0.05) is 23.7 Å². The Bertz CT molecular complexity index is 843. The number of nitrogens with one attached hydrogen (secondary N) is 1. The standard InChI is InChI=1S/C20H23N3O2S.CH2O2/c1-2-20(19(25)22-12-15-5-3-4-9-21-15)11-16-6-7-17(20)23(16)18(24)14-8-10-26-13-14;2-1-3/h3-5,8-10,13,16-17H,2,6-7,11-12H2,1H3,(H,22,25);1H,(H,2,3)/t16-,17+,20+;/m0./s1. The highest BCUT2D eigenvalue weighted by Gasteiger charge is 2.60. The first kappa shape index (κ1) is 21.0. The molecule has 2 aromatic rings. The van der Waals surface area contributed by atoms with Crippen molar-refractivity contribution in [3.8, 4) is 0 Å². The Hall–Kier alpha value is -2.74. The van der Waals surface area contributed by atoms with Crippen LogP contribution >= 0.6 is 11.3 Å². The SMILES string of the molecule is CC[C@@]1(C(=O)NCc2ccccn2)C[C@@H]2CC[C@H]1N2C(=O)c1ccsc1.O=CO. The van der Waals surface area contributed by atoms with Gasteiger partial charge >= 0.3 is 0 Å². The van der Waals surface area contributed by atoms with Crippen molar-refractivity contribution in [2.75, 3.05) is 0 Å². The molecular weight excluding hydrogens is 390 g/mol. The fourth-order valence-electron chi connectivity index (χ4n) is 4.66. The highest BCUT2D eigenvalue weighted by Crippen LogP contribution is 2.52. The third kappa shape index (κ3) is 4.03. The van der Waals surface area contributed by atoms with E-state index in [1.807, 2.05) is 39.9 Å². The second-order valence-corrected chi connectivity index (χ2v) is 8.07. The minimum Gasteiger partial charge on any atom is -0.483 e. The molecule has 2 N–H and O–H groups in total. The number of hydrogen-bond donors (Lipinski definition) is 2. The van der Waals surface area contributed by atoms with Gasteiger partial charge in [-0.3, -0.25) is 19.4 Å². The van der Waals surface area contributed by atoms with Gasteiger partial charge in [0.25, 0.3) is 12.4 Å². The number of carbonyl (C=O) groups excluding carboxylic acids is 2. The smallest absolute Gasteiger partial charge is 0.290 e. The van der Waals surface area contributed by atoms with E-state index in [2.05, 4.69) is 17.2 Å². The number of pyridine rings is 1. The number of nitrogens with zero attached hydrogens (tertiary/aromatic N) is 2. The molecule has 2 fully saturated rings. The molecule has 0 unspecified atom stereocenters. The van der Waals surface area contributed by atoms with Crippen LogP contribution in [0, 0.1) is 5.41 Å². The van der Waals surface area contributed by atoms with E-state index in [4.69, 9.17) is 9.90 Å². The molecule has 154 valence electrons. The summed E-state index contributed by atoms with van der Waals surface area (Å²) in [6.07, 6.45) is 5.14. The van der Waals surface area contributed by atoms with Gasteiger partial charge in [-0.05, 0) is 49.3 Å². The number of carboxylic acid groups (broad SMARTS) is 1. The molecule has 3 atom stereocenters. The lowest BCUT2D eigenvalue weighted by atomic mass is 9.71. The second kappa shape index (κ2) is 9.17.